The zero-order chi connectivity index (χ0) is 21.9. The second-order valence-electron chi connectivity index (χ2n) is 7.34. The van der Waals surface area contributed by atoms with Crippen LogP contribution >= 0.6 is 39.9 Å². The van der Waals surface area contributed by atoms with Crippen molar-refractivity contribution in [3.63, 3.8) is 0 Å². The number of nitrogens with zero attached hydrogens (tertiary/aromatic N) is 2. The van der Waals surface area contributed by atoms with Crippen molar-refractivity contribution >= 4 is 73.5 Å². The van der Waals surface area contributed by atoms with Crippen LogP contribution in [0.4, 0.5) is 5.69 Å². The Hall–Kier alpha value is -2.56. The molecule has 3 heterocycles. The van der Waals surface area contributed by atoms with Gasteiger partial charge >= 0.3 is 0 Å². The monoisotopic (exact) mass is 515 g/mol. The number of halogens is 1. The van der Waals surface area contributed by atoms with Crippen molar-refractivity contribution in [1.82, 2.24) is 10.2 Å². The summed E-state index contributed by atoms with van der Waals surface area (Å²) in [6.45, 7) is 0. The molecule has 156 valence electrons. The van der Waals surface area contributed by atoms with Crippen LogP contribution in [0, 0.1) is 5.92 Å². The summed E-state index contributed by atoms with van der Waals surface area (Å²) in [4.78, 5) is 54.1. The summed E-state index contributed by atoms with van der Waals surface area (Å²) < 4.78 is 0.984. The van der Waals surface area contributed by atoms with E-state index in [-0.39, 0.29) is 33.5 Å². The van der Waals surface area contributed by atoms with Crippen LogP contribution in [0.15, 0.2) is 63.5 Å². The van der Waals surface area contributed by atoms with Crippen molar-refractivity contribution in [2.24, 2.45) is 5.92 Å². The number of nitrogens with one attached hydrogen (secondary N) is 1. The molecule has 4 aliphatic rings. The lowest BCUT2D eigenvalue weighted by atomic mass is 9.91. The molecule has 3 unspecified atom stereocenters. The van der Waals surface area contributed by atoms with Crippen LogP contribution in [0.25, 0.3) is 0 Å². The Bertz CT molecular complexity index is 1160. The third-order valence-corrected chi connectivity index (χ3v) is 7.52. The molecule has 1 aromatic carbocycles. The summed E-state index contributed by atoms with van der Waals surface area (Å²) in [6, 6.07) is 5.53. The summed E-state index contributed by atoms with van der Waals surface area (Å²) in [6.07, 6.45) is 7.24. The van der Waals surface area contributed by atoms with Crippen LogP contribution in [0.5, 0.6) is 0 Å². The van der Waals surface area contributed by atoms with Crippen molar-refractivity contribution in [1.29, 1.82) is 0 Å². The van der Waals surface area contributed by atoms with E-state index in [9.17, 15) is 19.2 Å². The minimum atomic E-state index is -1.02. The van der Waals surface area contributed by atoms with E-state index in [0.29, 0.717) is 11.3 Å². The summed E-state index contributed by atoms with van der Waals surface area (Å²) >= 11 is 9.73. The topological polar surface area (TPSA) is 86.8 Å². The lowest BCUT2D eigenvalue weighted by molar-refractivity contribution is -0.130. The highest BCUT2D eigenvalue weighted by Crippen LogP contribution is 2.42. The Kier molecular flexibility index (Phi) is 4.95. The fraction of sp³-hybridized carbons (Fsp3) is 0.190. The number of fused-ring (bicyclic) bond motifs is 1. The molecule has 5 rings (SSSR count). The largest absolute Gasteiger partial charge is 0.345 e. The number of carbonyl (C=O) groups is 4. The van der Waals surface area contributed by atoms with Crippen LogP contribution in [0.1, 0.15) is 6.42 Å². The van der Waals surface area contributed by atoms with Gasteiger partial charge in [0.05, 0.1) is 23.1 Å². The quantitative estimate of drug-likeness (QED) is 0.369. The number of hydrogen-bond acceptors (Lipinski definition) is 6. The second-order valence-corrected chi connectivity index (χ2v) is 9.90. The third kappa shape index (κ3) is 3.20. The number of carbonyl (C=O) groups excluding carboxylic acids is 4. The molecule has 0 radical (unpaired) electrons. The number of allylic oxidation sites excluding steroid dienone is 2. The maximum absolute atomic E-state index is 13.3. The molecular formula is C21H14BrN3O4S2. The highest BCUT2D eigenvalue weighted by Gasteiger charge is 2.51. The van der Waals surface area contributed by atoms with Crippen LogP contribution < -0.4 is 10.2 Å². The summed E-state index contributed by atoms with van der Waals surface area (Å²) in [5.41, 5.74) is 0.786. The zero-order valence-electron chi connectivity index (χ0n) is 15.8. The maximum atomic E-state index is 13.3. The average Bonchev–Trinajstić information content (AvgIpc) is 3.32. The number of thiocarbonyl (C=S) groups is 1. The molecule has 3 atom stereocenters. The predicted molar refractivity (Wildman–Crippen MR) is 123 cm³/mol. The molecule has 31 heavy (non-hydrogen) atoms. The van der Waals surface area contributed by atoms with E-state index in [0.717, 1.165) is 21.1 Å². The van der Waals surface area contributed by atoms with E-state index >= 15 is 0 Å². The molecule has 1 N–H and O–H groups in total. The van der Waals surface area contributed by atoms with Crippen LogP contribution in [0.3, 0.4) is 0 Å². The molecule has 4 amide bonds. The third-order valence-electron chi connectivity index (χ3n) is 5.57. The van der Waals surface area contributed by atoms with Gasteiger partial charge in [0.1, 0.15) is 10.4 Å². The van der Waals surface area contributed by atoms with Crippen molar-refractivity contribution in [3.8, 4) is 0 Å². The molecule has 1 aliphatic carbocycles. The van der Waals surface area contributed by atoms with E-state index in [1.54, 1.807) is 24.3 Å². The van der Waals surface area contributed by atoms with Crippen LogP contribution in [-0.2, 0) is 19.2 Å². The fourth-order valence-electron chi connectivity index (χ4n) is 4.15. The second kappa shape index (κ2) is 7.54. The van der Waals surface area contributed by atoms with Gasteiger partial charge in [0.15, 0.2) is 0 Å². The Balaban J connectivity index is 1.47. The molecule has 0 aromatic heterocycles. The minimum absolute atomic E-state index is 0.162. The van der Waals surface area contributed by atoms with E-state index in [1.165, 1.54) is 4.90 Å². The van der Waals surface area contributed by atoms with Crippen molar-refractivity contribution in [2.75, 3.05) is 4.90 Å². The number of amides is 4. The Morgan fingerprint density at radius 1 is 1.06 bits per heavy atom. The molecule has 3 aliphatic heterocycles. The molecule has 10 heteroatoms. The van der Waals surface area contributed by atoms with Gasteiger partial charge in [-0.3, -0.25) is 24.1 Å². The van der Waals surface area contributed by atoms with Gasteiger partial charge in [0, 0.05) is 16.0 Å². The predicted octanol–water partition coefficient (Wildman–Crippen LogP) is 2.44. The zero-order valence-corrected chi connectivity index (χ0v) is 19.0. The Morgan fingerprint density at radius 2 is 1.77 bits per heavy atom. The lowest BCUT2D eigenvalue weighted by Crippen LogP contribution is -2.44. The fourth-order valence-corrected chi connectivity index (χ4v) is 5.88. The van der Waals surface area contributed by atoms with E-state index in [1.807, 2.05) is 24.3 Å². The van der Waals surface area contributed by atoms with E-state index in [2.05, 4.69) is 21.2 Å². The Labute approximate surface area is 195 Å². The van der Waals surface area contributed by atoms with Gasteiger partial charge in [-0.15, -0.1) is 0 Å². The SMILES string of the molecule is O=C1NC2C=CC=CC2/C1=C1/SC(=S)N(C2CC(=O)N(c3ccc(Br)cc3)C2=O)C1=O. The van der Waals surface area contributed by atoms with Crippen LogP contribution in [-0.4, -0.2) is 44.9 Å². The molecule has 0 spiro atoms. The van der Waals surface area contributed by atoms with Gasteiger partial charge in [-0.2, -0.15) is 0 Å². The van der Waals surface area contributed by atoms with Crippen molar-refractivity contribution in [3.05, 3.63) is 63.5 Å². The standard InChI is InChI=1S/C21H14BrN3O4S2/c22-10-5-7-11(8-6-10)24-15(26)9-14(19(24)28)25-20(29)17(31-21(25)30)16-12-3-1-2-4-13(12)23-18(16)27/h1-8,12-14H,9H2,(H,23,27)/b17-16-. The maximum Gasteiger partial charge on any atom is 0.267 e. The summed E-state index contributed by atoms with van der Waals surface area (Å²) in [5.74, 6) is -2.02. The van der Waals surface area contributed by atoms with Gasteiger partial charge < -0.3 is 5.32 Å². The van der Waals surface area contributed by atoms with Gasteiger partial charge in [-0.1, -0.05) is 64.2 Å². The normalized spacial score (nSPS) is 30.0. The van der Waals surface area contributed by atoms with Crippen molar-refractivity contribution < 1.29 is 19.2 Å². The first kappa shape index (κ1) is 20.3. The smallest absolute Gasteiger partial charge is 0.267 e. The lowest BCUT2D eigenvalue weighted by Gasteiger charge is -2.21. The molecule has 7 nitrogen and oxygen atoms in total. The Morgan fingerprint density at radius 3 is 2.52 bits per heavy atom. The average molecular weight is 516 g/mol. The van der Waals surface area contributed by atoms with Crippen LogP contribution in [0.2, 0.25) is 0 Å². The number of imide groups is 1. The molecule has 0 saturated carbocycles. The first-order valence-corrected chi connectivity index (χ1v) is 11.5. The number of thioether (sulfide) groups is 1. The summed E-state index contributed by atoms with van der Waals surface area (Å²) in [7, 11) is 0. The number of rotatable bonds is 2. The number of hydrogen-bond donors (Lipinski definition) is 1. The molecule has 1 aromatic rings. The highest BCUT2D eigenvalue weighted by molar-refractivity contribution is 9.10. The van der Waals surface area contributed by atoms with E-state index in [4.69, 9.17) is 12.2 Å². The van der Waals surface area contributed by atoms with Gasteiger partial charge in [-0.05, 0) is 24.3 Å². The molecule has 3 fully saturated rings. The van der Waals surface area contributed by atoms with Crippen molar-refractivity contribution in [2.45, 2.75) is 18.5 Å². The highest BCUT2D eigenvalue weighted by atomic mass is 79.9. The molecular weight excluding hydrogens is 502 g/mol. The minimum Gasteiger partial charge on any atom is -0.345 e. The molecule has 3 saturated heterocycles. The summed E-state index contributed by atoms with van der Waals surface area (Å²) in [5, 5.41) is 2.86. The number of anilines is 1. The number of benzene rings is 1. The van der Waals surface area contributed by atoms with Gasteiger partial charge in [0.25, 0.3) is 11.8 Å². The first-order valence-electron chi connectivity index (χ1n) is 9.44. The van der Waals surface area contributed by atoms with E-state index < -0.39 is 23.8 Å². The van der Waals surface area contributed by atoms with Gasteiger partial charge in [0.2, 0.25) is 11.8 Å². The van der Waals surface area contributed by atoms with Gasteiger partial charge in [-0.25, -0.2) is 4.90 Å². The molecule has 0 bridgehead atoms. The first-order chi connectivity index (χ1) is 14.9.